The number of carbonyl (C=O) groups excluding carboxylic acids is 1. The molecule has 0 saturated heterocycles. The number of benzene rings is 1. The Morgan fingerprint density at radius 3 is 2.64 bits per heavy atom. The zero-order valence-electron chi connectivity index (χ0n) is 19.3. The minimum absolute atomic E-state index is 0.0309. The molecule has 10 heteroatoms. The highest BCUT2D eigenvalue weighted by Crippen LogP contribution is 2.36. The summed E-state index contributed by atoms with van der Waals surface area (Å²) in [6, 6.07) is 8.01. The Morgan fingerprint density at radius 2 is 2.00 bits per heavy atom. The molecule has 0 spiro atoms. The van der Waals surface area contributed by atoms with E-state index in [4.69, 9.17) is 9.47 Å². The van der Waals surface area contributed by atoms with Gasteiger partial charge in [0.05, 0.1) is 13.2 Å². The number of sulfonamides is 1. The summed E-state index contributed by atoms with van der Waals surface area (Å²) in [5, 5.41) is 9.74. The van der Waals surface area contributed by atoms with Gasteiger partial charge < -0.3 is 19.5 Å². The first-order valence-electron chi connectivity index (χ1n) is 10.8. The zero-order valence-corrected chi connectivity index (χ0v) is 20.2. The molecule has 33 heavy (non-hydrogen) atoms. The molecule has 1 aliphatic rings. The smallest absolute Gasteiger partial charge is 0.248 e. The monoisotopic (exact) mass is 477 g/mol. The van der Waals surface area contributed by atoms with Crippen molar-refractivity contribution in [2.75, 3.05) is 40.5 Å². The van der Waals surface area contributed by atoms with Crippen LogP contribution in [0.1, 0.15) is 13.8 Å². The van der Waals surface area contributed by atoms with Gasteiger partial charge in [-0.2, -0.15) is 4.31 Å². The molecule has 1 aliphatic heterocycles. The predicted octanol–water partition coefficient (Wildman–Crippen LogP) is 1.62. The normalized spacial score (nSPS) is 21.2. The van der Waals surface area contributed by atoms with Crippen molar-refractivity contribution in [3.05, 3.63) is 42.7 Å². The van der Waals surface area contributed by atoms with Crippen molar-refractivity contribution >= 4 is 15.9 Å². The van der Waals surface area contributed by atoms with Gasteiger partial charge in [-0.05, 0) is 42.3 Å². The third-order valence-electron chi connectivity index (χ3n) is 5.83. The Morgan fingerprint density at radius 1 is 1.30 bits per heavy atom. The van der Waals surface area contributed by atoms with Gasteiger partial charge in [0.25, 0.3) is 0 Å². The van der Waals surface area contributed by atoms with Crippen molar-refractivity contribution < 1.29 is 27.8 Å². The number of carbonyl (C=O) groups is 1. The number of methoxy groups -OCH3 is 1. The lowest BCUT2D eigenvalue weighted by Crippen LogP contribution is -2.50. The second kappa shape index (κ2) is 10.6. The van der Waals surface area contributed by atoms with Gasteiger partial charge in [-0.1, -0.05) is 13.0 Å². The summed E-state index contributed by atoms with van der Waals surface area (Å²) in [6.07, 6.45) is 2.84. The predicted molar refractivity (Wildman–Crippen MR) is 123 cm³/mol. The third-order valence-corrected chi connectivity index (χ3v) is 7.85. The van der Waals surface area contributed by atoms with E-state index < -0.39 is 22.2 Å². The fourth-order valence-corrected chi connectivity index (χ4v) is 5.60. The second-order valence-electron chi connectivity index (χ2n) is 8.34. The van der Waals surface area contributed by atoms with E-state index in [0.29, 0.717) is 0 Å². The molecule has 1 N–H and O–H groups in total. The molecule has 0 saturated carbocycles. The Balaban J connectivity index is 2.08. The molecule has 0 bridgehead atoms. The number of aromatic nitrogens is 1. The average molecular weight is 478 g/mol. The Hall–Kier alpha value is -2.53. The number of fused-ring (bicyclic) bond motifs is 1. The van der Waals surface area contributed by atoms with E-state index in [1.807, 2.05) is 19.1 Å². The fraction of sp³-hybridized carbons (Fsp3) is 0.478. The molecule has 2 aromatic rings. The molecule has 180 valence electrons. The summed E-state index contributed by atoms with van der Waals surface area (Å²) >= 11 is 0. The molecule has 0 fully saturated rings. The van der Waals surface area contributed by atoms with Crippen molar-refractivity contribution in [2.45, 2.75) is 30.9 Å². The van der Waals surface area contributed by atoms with Crippen LogP contribution in [0.2, 0.25) is 0 Å². The van der Waals surface area contributed by atoms with Gasteiger partial charge in [0.2, 0.25) is 15.9 Å². The summed E-state index contributed by atoms with van der Waals surface area (Å²) in [7, 11) is -0.810. The van der Waals surface area contributed by atoms with Crippen molar-refractivity contribution in [1.82, 2.24) is 14.2 Å². The van der Waals surface area contributed by atoms with E-state index in [-0.39, 0.29) is 48.8 Å². The molecule has 0 unspecified atom stereocenters. The lowest BCUT2D eigenvalue weighted by atomic mass is 10.0. The lowest BCUT2D eigenvalue weighted by molar-refractivity contribution is -0.135. The largest absolute Gasteiger partial charge is 0.487 e. The maximum Gasteiger partial charge on any atom is 0.248 e. The number of hydrogen-bond donors (Lipinski definition) is 1. The van der Waals surface area contributed by atoms with E-state index in [2.05, 4.69) is 4.98 Å². The number of rotatable bonds is 7. The highest BCUT2D eigenvalue weighted by atomic mass is 32.2. The summed E-state index contributed by atoms with van der Waals surface area (Å²) in [4.78, 5) is 17.9. The molecular formula is C23H31N3O6S. The molecule has 1 aromatic carbocycles. The van der Waals surface area contributed by atoms with E-state index in [0.717, 1.165) is 11.1 Å². The van der Waals surface area contributed by atoms with Gasteiger partial charge in [-0.15, -0.1) is 0 Å². The first-order chi connectivity index (χ1) is 15.7. The van der Waals surface area contributed by atoms with E-state index in [1.165, 1.54) is 22.4 Å². The van der Waals surface area contributed by atoms with E-state index >= 15 is 0 Å². The van der Waals surface area contributed by atoms with Gasteiger partial charge in [-0.25, -0.2) is 8.42 Å². The molecule has 9 nitrogen and oxygen atoms in total. The minimum Gasteiger partial charge on any atom is -0.487 e. The van der Waals surface area contributed by atoms with Crippen LogP contribution in [0, 0.1) is 5.92 Å². The molecular weight excluding hydrogens is 446 g/mol. The van der Waals surface area contributed by atoms with Gasteiger partial charge in [0.15, 0.2) is 0 Å². The molecule has 3 atom stereocenters. The molecule has 1 amide bonds. The lowest BCUT2D eigenvalue weighted by Gasteiger charge is -2.37. The quantitative estimate of drug-likeness (QED) is 0.645. The summed E-state index contributed by atoms with van der Waals surface area (Å²) in [5.41, 5.74) is 1.65. The average Bonchev–Trinajstić information content (AvgIpc) is 2.81. The number of ether oxygens (including phenoxy) is 2. The van der Waals surface area contributed by atoms with Crippen molar-refractivity contribution in [3.63, 3.8) is 0 Å². The van der Waals surface area contributed by atoms with Crippen LogP contribution in [0.5, 0.6) is 5.75 Å². The minimum atomic E-state index is -3.93. The van der Waals surface area contributed by atoms with Crippen molar-refractivity contribution in [1.29, 1.82) is 0 Å². The van der Waals surface area contributed by atoms with Crippen LogP contribution in [-0.4, -0.2) is 86.2 Å². The molecule has 0 radical (unpaired) electrons. The SMILES string of the molecule is COCC(=O)N(C)C[C@H]1Oc2cc(-c3ccncc3)ccc2S(=O)(=O)N([C@H](C)CO)C[C@H]1C. The highest BCUT2D eigenvalue weighted by molar-refractivity contribution is 7.89. The number of aliphatic hydroxyl groups excluding tert-OH is 1. The summed E-state index contributed by atoms with van der Waals surface area (Å²) in [5.74, 6) is -0.248. The van der Waals surface area contributed by atoms with Crippen LogP contribution in [-0.2, 0) is 19.6 Å². The van der Waals surface area contributed by atoms with Crippen LogP contribution in [0.4, 0.5) is 0 Å². The number of likely N-dealkylation sites (N-methyl/N-ethyl adjacent to an activating group) is 1. The maximum atomic E-state index is 13.5. The molecule has 3 rings (SSSR count). The van der Waals surface area contributed by atoms with Gasteiger partial charge in [0.1, 0.15) is 23.4 Å². The Kier molecular flexibility index (Phi) is 8.06. The summed E-state index contributed by atoms with van der Waals surface area (Å²) in [6.45, 7) is 3.58. The summed E-state index contributed by atoms with van der Waals surface area (Å²) < 4.78 is 39.6. The molecule has 1 aromatic heterocycles. The topological polar surface area (TPSA) is 109 Å². The van der Waals surface area contributed by atoms with Crippen LogP contribution in [0.15, 0.2) is 47.6 Å². The van der Waals surface area contributed by atoms with Crippen LogP contribution < -0.4 is 4.74 Å². The number of amides is 1. The Bertz CT molecular complexity index is 1060. The number of aliphatic hydroxyl groups is 1. The van der Waals surface area contributed by atoms with E-state index in [1.54, 1.807) is 38.5 Å². The van der Waals surface area contributed by atoms with Crippen molar-refractivity contribution in [2.24, 2.45) is 5.92 Å². The molecule has 2 heterocycles. The third kappa shape index (κ3) is 5.52. The first-order valence-corrected chi connectivity index (χ1v) is 12.2. The maximum absolute atomic E-state index is 13.5. The van der Waals surface area contributed by atoms with Gasteiger partial charge in [0, 0.05) is 45.1 Å². The second-order valence-corrected chi connectivity index (χ2v) is 10.2. The zero-order chi connectivity index (χ0) is 24.2. The van der Waals surface area contributed by atoms with E-state index in [9.17, 15) is 18.3 Å². The number of pyridine rings is 1. The standard InChI is InChI=1S/C23H31N3O6S/c1-16-12-26(17(2)14-27)33(29,30)22-6-5-19(18-7-9-24-10-8-18)11-20(22)32-21(16)13-25(3)23(28)15-31-4/h5-11,16-17,21,27H,12-15H2,1-4H3/t16-,17-,21-/m1/s1. The van der Waals surface area contributed by atoms with Crippen molar-refractivity contribution in [3.8, 4) is 16.9 Å². The fourth-order valence-electron chi connectivity index (χ4n) is 3.77. The highest BCUT2D eigenvalue weighted by Gasteiger charge is 2.38. The van der Waals surface area contributed by atoms with Crippen LogP contribution in [0.25, 0.3) is 11.1 Å². The molecule has 0 aliphatic carbocycles. The van der Waals surface area contributed by atoms with Crippen LogP contribution in [0.3, 0.4) is 0 Å². The number of nitrogens with zero attached hydrogens (tertiary/aromatic N) is 3. The van der Waals surface area contributed by atoms with Gasteiger partial charge >= 0.3 is 0 Å². The first kappa shape index (κ1) is 25.1. The Labute approximate surface area is 195 Å². The van der Waals surface area contributed by atoms with Crippen LogP contribution >= 0.6 is 0 Å². The number of hydrogen-bond acceptors (Lipinski definition) is 7. The van der Waals surface area contributed by atoms with Gasteiger partial charge in [-0.3, -0.25) is 9.78 Å².